The Kier molecular flexibility index (Phi) is 3.93. The standard InChI is InChI=1S/C20H19BrN2O/c1-12(24)22-15-9-10-19-18(11-15)16-3-2-4-17(16)20(23-19)13-5-7-14(21)8-6-13/h2-3,5-11,16-17,20,23H,4H2,1H3,(H,22,24)/t16-,17-,20-/m1/s1. The quantitative estimate of drug-likeness (QED) is 0.697. The molecular weight excluding hydrogens is 364 g/mol. The number of hydrogen-bond acceptors (Lipinski definition) is 2. The van der Waals surface area contributed by atoms with E-state index >= 15 is 0 Å². The minimum absolute atomic E-state index is 0.0371. The van der Waals surface area contributed by atoms with Crippen molar-refractivity contribution in [3.8, 4) is 0 Å². The molecule has 4 rings (SSSR count). The summed E-state index contributed by atoms with van der Waals surface area (Å²) in [6.07, 6.45) is 5.67. The van der Waals surface area contributed by atoms with E-state index < -0.39 is 0 Å². The Morgan fingerprint density at radius 1 is 1.21 bits per heavy atom. The maximum absolute atomic E-state index is 11.3. The van der Waals surface area contributed by atoms with E-state index in [4.69, 9.17) is 0 Å². The molecule has 0 fully saturated rings. The zero-order valence-electron chi connectivity index (χ0n) is 13.4. The molecule has 0 saturated heterocycles. The van der Waals surface area contributed by atoms with E-state index in [1.165, 1.54) is 11.1 Å². The van der Waals surface area contributed by atoms with Crippen molar-refractivity contribution in [3.63, 3.8) is 0 Å². The molecule has 1 heterocycles. The largest absolute Gasteiger partial charge is 0.378 e. The highest BCUT2D eigenvalue weighted by Crippen LogP contribution is 2.50. The predicted octanol–water partition coefficient (Wildman–Crippen LogP) is 5.23. The Bertz CT molecular complexity index is 813. The minimum atomic E-state index is -0.0371. The molecule has 0 spiro atoms. The van der Waals surface area contributed by atoms with Crippen molar-refractivity contribution in [3.05, 3.63) is 70.2 Å². The normalized spacial score (nSPS) is 24.0. The topological polar surface area (TPSA) is 41.1 Å². The van der Waals surface area contributed by atoms with Crippen molar-refractivity contribution >= 4 is 33.2 Å². The van der Waals surface area contributed by atoms with Crippen LogP contribution in [0.2, 0.25) is 0 Å². The molecule has 4 heteroatoms. The van der Waals surface area contributed by atoms with Crippen molar-refractivity contribution < 1.29 is 4.79 Å². The predicted molar refractivity (Wildman–Crippen MR) is 101 cm³/mol. The molecule has 0 bridgehead atoms. The lowest BCUT2D eigenvalue weighted by atomic mass is 9.77. The first-order chi connectivity index (χ1) is 11.6. The molecule has 3 atom stereocenters. The van der Waals surface area contributed by atoms with Gasteiger partial charge in [-0.25, -0.2) is 0 Å². The molecule has 24 heavy (non-hydrogen) atoms. The van der Waals surface area contributed by atoms with Crippen LogP contribution in [0.3, 0.4) is 0 Å². The summed E-state index contributed by atoms with van der Waals surface area (Å²) in [5.74, 6) is 0.861. The maximum atomic E-state index is 11.3. The number of allylic oxidation sites excluding steroid dienone is 2. The molecule has 2 aliphatic rings. The Hall–Kier alpha value is -2.07. The summed E-state index contributed by atoms with van der Waals surface area (Å²) in [6.45, 7) is 1.54. The molecule has 1 amide bonds. The Labute approximate surface area is 150 Å². The second-order valence-corrected chi connectivity index (χ2v) is 7.43. The van der Waals surface area contributed by atoms with Crippen LogP contribution in [0, 0.1) is 5.92 Å². The highest BCUT2D eigenvalue weighted by Gasteiger charge is 2.37. The minimum Gasteiger partial charge on any atom is -0.378 e. The molecule has 2 aromatic rings. The van der Waals surface area contributed by atoms with Crippen LogP contribution in [0.1, 0.15) is 36.4 Å². The molecular formula is C20H19BrN2O. The number of amides is 1. The summed E-state index contributed by atoms with van der Waals surface area (Å²) in [6, 6.07) is 15.0. The van der Waals surface area contributed by atoms with Gasteiger partial charge in [-0.1, -0.05) is 40.2 Å². The Balaban J connectivity index is 1.72. The number of benzene rings is 2. The summed E-state index contributed by atoms with van der Waals surface area (Å²) >= 11 is 3.51. The van der Waals surface area contributed by atoms with Crippen LogP contribution >= 0.6 is 15.9 Å². The van der Waals surface area contributed by atoms with Crippen LogP contribution < -0.4 is 10.6 Å². The summed E-state index contributed by atoms with van der Waals surface area (Å²) in [4.78, 5) is 11.3. The van der Waals surface area contributed by atoms with Gasteiger partial charge in [-0.05, 0) is 53.8 Å². The molecule has 0 unspecified atom stereocenters. The van der Waals surface area contributed by atoms with Gasteiger partial charge in [0.1, 0.15) is 0 Å². The lowest BCUT2D eigenvalue weighted by Crippen LogP contribution is -2.29. The van der Waals surface area contributed by atoms with Gasteiger partial charge in [0.2, 0.25) is 5.91 Å². The smallest absolute Gasteiger partial charge is 0.221 e. The van der Waals surface area contributed by atoms with Gasteiger partial charge >= 0.3 is 0 Å². The van der Waals surface area contributed by atoms with Gasteiger partial charge in [-0.2, -0.15) is 0 Å². The Morgan fingerprint density at radius 3 is 2.75 bits per heavy atom. The van der Waals surface area contributed by atoms with E-state index in [2.05, 4.69) is 75.1 Å². The molecule has 1 aliphatic carbocycles. The summed E-state index contributed by atoms with van der Waals surface area (Å²) in [5.41, 5.74) is 4.61. The van der Waals surface area contributed by atoms with Gasteiger partial charge in [0.15, 0.2) is 0 Å². The summed E-state index contributed by atoms with van der Waals surface area (Å²) < 4.78 is 1.10. The van der Waals surface area contributed by atoms with E-state index in [9.17, 15) is 4.79 Å². The summed E-state index contributed by atoms with van der Waals surface area (Å²) in [5, 5.41) is 6.60. The average Bonchev–Trinajstić information content (AvgIpc) is 3.04. The number of halogens is 1. The third kappa shape index (κ3) is 2.75. The highest BCUT2D eigenvalue weighted by molar-refractivity contribution is 9.10. The van der Waals surface area contributed by atoms with Crippen LogP contribution in [-0.2, 0) is 4.79 Å². The first-order valence-corrected chi connectivity index (χ1v) is 9.01. The third-order valence-electron chi connectivity index (χ3n) is 4.91. The van der Waals surface area contributed by atoms with E-state index in [0.29, 0.717) is 17.9 Å². The average molecular weight is 383 g/mol. The van der Waals surface area contributed by atoms with Crippen molar-refractivity contribution in [2.24, 2.45) is 5.92 Å². The van der Waals surface area contributed by atoms with Gasteiger partial charge in [0.25, 0.3) is 0 Å². The maximum Gasteiger partial charge on any atom is 0.221 e. The fourth-order valence-corrected chi connectivity index (χ4v) is 4.14. The van der Waals surface area contributed by atoms with E-state index in [-0.39, 0.29) is 5.91 Å². The molecule has 122 valence electrons. The first kappa shape index (κ1) is 15.5. The number of rotatable bonds is 2. The van der Waals surface area contributed by atoms with Crippen LogP contribution in [0.4, 0.5) is 11.4 Å². The van der Waals surface area contributed by atoms with Crippen molar-refractivity contribution in [1.29, 1.82) is 0 Å². The molecule has 0 aromatic heterocycles. The monoisotopic (exact) mass is 382 g/mol. The highest BCUT2D eigenvalue weighted by atomic mass is 79.9. The van der Waals surface area contributed by atoms with Gasteiger partial charge in [0, 0.05) is 28.7 Å². The SMILES string of the molecule is CC(=O)Nc1ccc2c(c1)[C@@H]1C=CC[C@H]1[C@@H](c1ccc(Br)cc1)N2. The molecule has 0 radical (unpaired) electrons. The van der Waals surface area contributed by atoms with Crippen LogP contribution in [0.5, 0.6) is 0 Å². The fraction of sp³-hybridized carbons (Fsp3) is 0.250. The third-order valence-corrected chi connectivity index (χ3v) is 5.44. The zero-order valence-corrected chi connectivity index (χ0v) is 15.0. The van der Waals surface area contributed by atoms with E-state index in [1.54, 1.807) is 6.92 Å². The van der Waals surface area contributed by atoms with Gasteiger partial charge in [-0.15, -0.1) is 0 Å². The van der Waals surface area contributed by atoms with Gasteiger partial charge < -0.3 is 10.6 Å². The van der Waals surface area contributed by atoms with Crippen LogP contribution in [0.25, 0.3) is 0 Å². The van der Waals surface area contributed by atoms with Crippen molar-refractivity contribution in [1.82, 2.24) is 0 Å². The number of nitrogens with one attached hydrogen (secondary N) is 2. The fourth-order valence-electron chi connectivity index (χ4n) is 3.88. The number of carbonyl (C=O) groups is 1. The molecule has 3 nitrogen and oxygen atoms in total. The second-order valence-electron chi connectivity index (χ2n) is 6.51. The van der Waals surface area contributed by atoms with Crippen LogP contribution in [-0.4, -0.2) is 5.91 Å². The lowest BCUT2D eigenvalue weighted by molar-refractivity contribution is -0.114. The zero-order chi connectivity index (χ0) is 16.7. The van der Waals surface area contributed by atoms with E-state index in [1.807, 2.05) is 6.07 Å². The first-order valence-electron chi connectivity index (χ1n) is 8.22. The summed E-state index contributed by atoms with van der Waals surface area (Å²) in [7, 11) is 0. The van der Waals surface area contributed by atoms with Gasteiger partial charge in [-0.3, -0.25) is 4.79 Å². The Morgan fingerprint density at radius 2 is 2.00 bits per heavy atom. The van der Waals surface area contributed by atoms with E-state index in [0.717, 1.165) is 22.3 Å². The molecule has 2 aromatic carbocycles. The number of anilines is 2. The number of carbonyl (C=O) groups excluding carboxylic acids is 1. The van der Waals surface area contributed by atoms with Crippen molar-refractivity contribution in [2.75, 3.05) is 10.6 Å². The second kappa shape index (κ2) is 6.10. The number of fused-ring (bicyclic) bond motifs is 3. The van der Waals surface area contributed by atoms with Gasteiger partial charge in [0.05, 0.1) is 6.04 Å². The molecule has 0 saturated carbocycles. The van der Waals surface area contributed by atoms with Crippen LogP contribution in [0.15, 0.2) is 59.1 Å². The van der Waals surface area contributed by atoms with Crippen molar-refractivity contribution in [2.45, 2.75) is 25.3 Å². The molecule has 2 N–H and O–H groups in total. The molecule has 1 aliphatic heterocycles. The lowest BCUT2D eigenvalue weighted by Gasteiger charge is -2.37. The number of hydrogen-bond donors (Lipinski definition) is 2.